The zero-order valence-electron chi connectivity index (χ0n) is 13.3. The Morgan fingerprint density at radius 2 is 1.76 bits per heavy atom. The van der Waals surface area contributed by atoms with E-state index in [-0.39, 0.29) is 6.03 Å². The minimum absolute atomic E-state index is 0.0258. The number of anilines is 1. The number of carbonyl (C=O) groups is 1. The highest BCUT2D eigenvalue weighted by Crippen LogP contribution is 2.23. The van der Waals surface area contributed by atoms with Crippen LogP contribution in [0.2, 0.25) is 0 Å². The zero-order valence-corrected chi connectivity index (χ0v) is 13.3. The van der Waals surface area contributed by atoms with Crippen LogP contribution in [0.4, 0.5) is 10.5 Å². The number of carbonyl (C=O) groups excluding carboxylic acids is 1. The van der Waals surface area contributed by atoms with Crippen molar-refractivity contribution in [1.82, 2.24) is 9.88 Å². The van der Waals surface area contributed by atoms with Crippen molar-refractivity contribution in [2.75, 3.05) is 18.4 Å². The van der Waals surface area contributed by atoms with E-state index in [0.29, 0.717) is 11.8 Å². The van der Waals surface area contributed by atoms with E-state index in [1.165, 1.54) is 0 Å². The Morgan fingerprint density at radius 1 is 1.14 bits per heavy atom. The molecule has 2 aromatic rings. The average molecular weight is 287 g/mol. The molecule has 4 heteroatoms. The minimum Gasteiger partial charge on any atom is -0.359 e. The van der Waals surface area contributed by atoms with Gasteiger partial charge in [0.25, 0.3) is 0 Å². The summed E-state index contributed by atoms with van der Waals surface area (Å²) in [5.41, 5.74) is 1.88. The molecule has 0 bridgehead atoms. The normalized spacial score (nSPS) is 11.3. The lowest BCUT2D eigenvalue weighted by Gasteiger charge is -2.26. The van der Waals surface area contributed by atoms with Gasteiger partial charge in [-0.2, -0.15) is 0 Å². The minimum atomic E-state index is -0.0258. The molecule has 1 heterocycles. The summed E-state index contributed by atoms with van der Waals surface area (Å²) in [5, 5.41) is 4.07. The van der Waals surface area contributed by atoms with E-state index in [1.807, 2.05) is 35.4 Å². The molecule has 0 atom stereocenters. The van der Waals surface area contributed by atoms with Gasteiger partial charge in [-0.15, -0.1) is 0 Å². The molecule has 2 N–H and O–H groups in total. The average Bonchev–Trinajstić information content (AvgIpc) is 2.80. The van der Waals surface area contributed by atoms with Crippen LogP contribution < -0.4 is 5.32 Å². The van der Waals surface area contributed by atoms with E-state index in [1.54, 1.807) is 0 Å². The van der Waals surface area contributed by atoms with Gasteiger partial charge in [0.15, 0.2) is 0 Å². The maximum atomic E-state index is 12.5. The van der Waals surface area contributed by atoms with Gasteiger partial charge in [-0.05, 0) is 17.9 Å². The van der Waals surface area contributed by atoms with Crippen LogP contribution >= 0.6 is 0 Å². The summed E-state index contributed by atoms with van der Waals surface area (Å²) in [6.07, 6.45) is 1.85. The van der Waals surface area contributed by atoms with Crippen LogP contribution in [0.3, 0.4) is 0 Å². The Kier molecular flexibility index (Phi) is 4.89. The molecule has 0 aliphatic rings. The van der Waals surface area contributed by atoms with E-state index >= 15 is 0 Å². The Hall–Kier alpha value is -1.97. The van der Waals surface area contributed by atoms with Gasteiger partial charge in [0.05, 0.1) is 5.69 Å². The van der Waals surface area contributed by atoms with E-state index in [9.17, 15) is 4.79 Å². The molecule has 0 unspecified atom stereocenters. The molecular weight excluding hydrogens is 262 g/mol. The Morgan fingerprint density at radius 3 is 2.38 bits per heavy atom. The molecular formula is C17H25N3O. The number of aromatic nitrogens is 1. The number of amides is 2. The summed E-state index contributed by atoms with van der Waals surface area (Å²) in [6, 6.07) is 7.95. The lowest BCUT2D eigenvalue weighted by atomic mass is 10.1. The first kappa shape index (κ1) is 15.4. The van der Waals surface area contributed by atoms with Crippen molar-refractivity contribution in [2.45, 2.75) is 27.7 Å². The Bertz CT molecular complexity index is 591. The van der Waals surface area contributed by atoms with Gasteiger partial charge in [0.1, 0.15) is 0 Å². The van der Waals surface area contributed by atoms with Crippen LogP contribution in [0.15, 0.2) is 30.5 Å². The third kappa shape index (κ3) is 4.00. The highest BCUT2D eigenvalue weighted by Gasteiger charge is 2.17. The number of urea groups is 1. The molecule has 0 spiro atoms. The molecule has 1 aromatic heterocycles. The SMILES string of the molecule is CC(C)CN(CC(C)C)C(=O)Nc1c[nH]c2ccccc12. The van der Waals surface area contributed by atoms with Gasteiger partial charge in [0.2, 0.25) is 0 Å². The van der Waals surface area contributed by atoms with E-state index < -0.39 is 0 Å². The van der Waals surface area contributed by atoms with Crippen LogP contribution in [0.25, 0.3) is 10.9 Å². The molecule has 2 rings (SSSR count). The molecule has 1 aromatic carbocycles. The van der Waals surface area contributed by atoms with Gasteiger partial charge in [-0.1, -0.05) is 45.9 Å². The highest BCUT2D eigenvalue weighted by molar-refractivity contribution is 6.00. The van der Waals surface area contributed by atoms with Gasteiger partial charge >= 0.3 is 6.03 Å². The topological polar surface area (TPSA) is 48.1 Å². The number of para-hydroxylation sites is 1. The second-order valence-electron chi connectivity index (χ2n) is 6.37. The summed E-state index contributed by atoms with van der Waals surface area (Å²) in [4.78, 5) is 17.6. The molecule has 114 valence electrons. The number of aromatic amines is 1. The molecule has 0 fully saturated rings. The summed E-state index contributed by atoms with van der Waals surface area (Å²) < 4.78 is 0. The smallest absolute Gasteiger partial charge is 0.321 e. The fourth-order valence-corrected chi connectivity index (χ4v) is 2.49. The quantitative estimate of drug-likeness (QED) is 0.845. The lowest BCUT2D eigenvalue weighted by molar-refractivity contribution is 0.197. The van der Waals surface area contributed by atoms with Crippen molar-refractivity contribution in [3.8, 4) is 0 Å². The predicted molar refractivity (Wildman–Crippen MR) is 88.6 cm³/mol. The molecule has 21 heavy (non-hydrogen) atoms. The molecule has 0 aliphatic heterocycles. The van der Waals surface area contributed by atoms with Crippen LogP contribution in [-0.4, -0.2) is 29.0 Å². The second kappa shape index (κ2) is 6.66. The van der Waals surface area contributed by atoms with Crippen LogP contribution in [0.5, 0.6) is 0 Å². The van der Waals surface area contributed by atoms with Crippen molar-refractivity contribution in [3.05, 3.63) is 30.5 Å². The standard InChI is InChI=1S/C17H25N3O/c1-12(2)10-20(11-13(3)4)17(21)19-16-9-18-15-8-6-5-7-14(15)16/h5-9,12-13,18H,10-11H2,1-4H3,(H,19,21). The first-order valence-corrected chi connectivity index (χ1v) is 7.59. The first-order chi connectivity index (χ1) is 9.97. The van der Waals surface area contributed by atoms with E-state index in [2.05, 4.69) is 38.0 Å². The van der Waals surface area contributed by atoms with E-state index in [4.69, 9.17) is 0 Å². The molecule has 2 amide bonds. The maximum Gasteiger partial charge on any atom is 0.321 e. The monoisotopic (exact) mass is 287 g/mol. The predicted octanol–water partition coefficient (Wildman–Crippen LogP) is 4.31. The Labute approximate surface area is 126 Å². The zero-order chi connectivity index (χ0) is 15.4. The van der Waals surface area contributed by atoms with Gasteiger partial charge in [0, 0.05) is 30.2 Å². The summed E-state index contributed by atoms with van der Waals surface area (Å²) in [7, 11) is 0. The summed E-state index contributed by atoms with van der Waals surface area (Å²) >= 11 is 0. The van der Waals surface area contributed by atoms with Crippen LogP contribution in [0, 0.1) is 11.8 Å². The number of benzene rings is 1. The molecule has 0 saturated heterocycles. The van der Waals surface area contributed by atoms with Gasteiger partial charge in [-0.25, -0.2) is 4.79 Å². The van der Waals surface area contributed by atoms with Crippen LogP contribution in [-0.2, 0) is 0 Å². The third-order valence-electron chi connectivity index (χ3n) is 3.29. The number of rotatable bonds is 5. The van der Waals surface area contributed by atoms with Crippen molar-refractivity contribution in [3.63, 3.8) is 0 Å². The summed E-state index contributed by atoms with van der Waals surface area (Å²) in [6.45, 7) is 10.1. The molecule has 0 radical (unpaired) electrons. The number of nitrogens with zero attached hydrogens (tertiary/aromatic N) is 1. The molecule has 4 nitrogen and oxygen atoms in total. The number of hydrogen-bond acceptors (Lipinski definition) is 1. The van der Waals surface area contributed by atoms with Crippen LogP contribution in [0.1, 0.15) is 27.7 Å². The number of nitrogens with one attached hydrogen (secondary N) is 2. The summed E-state index contributed by atoms with van der Waals surface area (Å²) in [5.74, 6) is 0.912. The van der Waals surface area contributed by atoms with Crippen molar-refractivity contribution in [2.24, 2.45) is 11.8 Å². The largest absolute Gasteiger partial charge is 0.359 e. The fraction of sp³-hybridized carbons (Fsp3) is 0.471. The fourth-order valence-electron chi connectivity index (χ4n) is 2.49. The number of hydrogen-bond donors (Lipinski definition) is 2. The second-order valence-corrected chi connectivity index (χ2v) is 6.37. The van der Waals surface area contributed by atoms with Gasteiger partial charge < -0.3 is 15.2 Å². The first-order valence-electron chi connectivity index (χ1n) is 7.59. The Balaban J connectivity index is 2.14. The molecule has 0 aliphatic carbocycles. The number of fused-ring (bicyclic) bond motifs is 1. The van der Waals surface area contributed by atoms with Crippen molar-refractivity contribution >= 4 is 22.6 Å². The maximum absolute atomic E-state index is 12.5. The van der Waals surface area contributed by atoms with E-state index in [0.717, 1.165) is 29.7 Å². The highest BCUT2D eigenvalue weighted by atomic mass is 16.2. The third-order valence-corrected chi connectivity index (χ3v) is 3.29. The van der Waals surface area contributed by atoms with Crippen molar-refractivity contribution < 1.29 is 4.79 Å². The van der Waals surface area contributed by atoms with Gasteiger partial charge in [-0.3, -0.25) is 0 Å². The molecule has 0 saturated carbocycles. The lowest BCUT2D eigenvalue weighted by Crippen LogP contribution is -2.39. The van der Waals surface area contributed by atoms with Crippen molar-refractivity contribution in [1.29, 1.82) is 0 Å². The number of H-pyrrole nitrogens is 1.